The zero-order valence-electron chi connectivity index (χ0n) is 14.8. The average molecular weight is 302 g/mol. The normalized spacial score (nSPS) is 44.5. The molecule has 1 saturated heterocycles. The Kier molecular flexibility index (Phi) is 3.87. The minimum atomic E-state index is 0.0471. The van der Waals surface area contributed by atoms with Crippen LogP contribution >= 0.6 is 0 Å². The van der Waals surface area contributed by atoms with Crippen molar-refractivity contribution in [1.82, 2.24) is 0 Å². The summed E-state index contributed by atoms with van der Waals surface area (Å²) >= 11 is 0. The lowest BCUT2D eigenvalue weighted by Gasteiger charge is -2.31. The molecule has 4 atom stereocenters. The molecule has 0 amide bonds. The van der Waals surface area contributed by atoms with Crippen LogP contribution < -0.4 is 0 Å². The maximum absolute atomic E-state index is 12.6. The largest absolute Gasteiger partial charge is 0.366 e. The zero-order valence-corrected chi connectivity index (χ0v) is 14.8. The standard InChI is InChI=1S/C20H30O2/c1-13(2)18-15-9-8-14(3)7-6-10-20(5)17(22-20)12-19(15,4)11-16(18)21/h7,15,17H,6,8-12H2,1-5H3/b14-7-/t15-,17-,19-,20+/m0/s1. The molecule has 122 valence electrons. The first-order valence-corrected chi connectivity index (χ1v) is 8.79. The third-order valence-electron chi connectivity index (χ3n) is 6.24. The zero-order chi connectivity index (χ0) is 16.1. The summed E-state index contributed by atoms with van der Waals surface area (Å²) in [5.74, 6) is 0.786. The molecule has 0 radical (unpaired) electrons. The number of fused-ring (bicyclic) bond motifs is 2. The number of epoxide rings is 1. The van der Waals surface area contributed by atoms with Crippen molar-refractivity contribution in [2.24, 2.45) is 11.3 Å². The fraction of sp³-hybridized carbons (Fsp3) is 0.750. The van der Waals surface area contributed by atoms with Crippen LogP contribution in [0.1, 0.15) is 73.1 Å². The van der Waals surface area contributed by atoms with Gasteiger partial charge in [-0.2, -0.15) is 0 Å². The van der Waals surface area contributed by atoms with Crippen molar-refractivity contribution >= 4 is 5.78 Å². The van der Waals surface area contributed by atoms with E-state index in [0.29, 0.717) is 24.2 Å². The molecule has 0 unspecified atom stereocenters. The molecule has 1 saturated carbocycles. The molecule has 1 aliphatic heterocycles. The van der Waals surface area contributed by atoms with E-state index in [2.05, 4.69) is 40.7 Å². The molecule has 0 aromatic carbocycles. The van der Waals surface area contributed by atoms with Gasteiger partial charge < -0.3 is 4.74 Å². The highest BCUT2D eigenvalue weighted by atomic mass is 16.6. The van der Waals surface area contributed by atoms with Crippen molar-refractivity contribution in [1.29, 1.82) is 0 Å². The van der Waals surface area contributed by atoms with E-state index in [9.17, 15) is 4.79 Å². The third kappa shape index (κ3) is 2.71. The monoisotopic (exact) mass is 302 g/mol. The smallest absolute Gasteiger partial charge is 0.159 e. The highest BCUT2D eigenvalue weighted by molar-refractivity contribution is 5.99. The molecule has 22 heavy (non-hydrogen) atoms. The minimum Gasteiger partial charge on any atom is -0.366 e. The molecule has 0 spiro atoms. The summed E-state index contributed by atoms with van der Waals surface area (Å²) in [6.45, 7) is 11.0. The summed E-state index contributed by atoms with van der Waals surface area (Å²) in [5.41, 5.74) is 3.94. The van der Waals surface area contributed by atoms with E-state index in [0.717, 1.165) is 37.7 Å². The van der Waals surface area contributed by atoms with Crippen molar-refractivity contribution < 1.29 is 9.53 Å². The van der Waals surface area contributed by atoms with Crippen LogP contribution in [-0.4, -0.2) is 17.5 Å². The van der Waals surface area contributed by atoms with Crippen LogP contribution in [0.5, 0.6) is 0 Å². The molecule has 2 aliphatic carbocycles. The van der Waals surface area contributed by atoms with Gasteiger partial charge in [-0.3, -0.25) is 4.79 Å². The van der Waals surface area contributed by atoms with Gasteiger partial charge in [0.2, 0.25) is 0 Å². The Hall–Kier alpha value is -0.890. The van der Waals surface area contributed by atoms with Crippen molar-refractivity contribution in [2.75, 3.05) is 0 Å². The molecule has 0 N–H and O–H groups in total. The van der Waals surface area contributed by atoms with Gasteiger partial charge >= 0.3 is 0 Å². The molecular weight excluding hydrogens is 272 g/mol. The Morgan fingerprint density at radius 3 is 2.73 bits per heavy atom. The molecule has 0 aromatic rings. The van der Waals surface area contributed by atoms with Gasteiger partial charge in [-0.15, -0.1) is 0 Å². The fourth-order valence-electron chi connectivity index (χ4n) is 4.73. The van der Waals surface area contributed by atoms with Crippen LogP contribution in [0, 0.1) is 11.3 Å². The van der Waals surface area contributed by atoms with E-state index < -0.39 is 0 Å². The number of ether oxygens (including phenoxy) is 1. The Bertz CT molecular complexity index is 552. The lowest BCUT2D eigenvalue weighted by atomic mass is 9.71. The average Bonchev–Trinajstić information content (AvgIpc) is 2.92. The van der Waals surface area contributed by atoms with E-state index in [1.807, 2.05) is 0 Å². The Morgan fingerprint density at radius 1 is 1.32 bits per heavy atom. The molecule has 2 heteroatoms. The van der Waals surface area contributed by atoms with E-state index in [1.165, 1.54) is 11.1 Å². The van der Waals surface area contributed by atoms with Gasteiger partial charge in [0.1, 0.15) is 0 Å². The maximum Gasteiger partial charge on any atom is 0.159 e. The summed E-state index contributed by atoms with van der Waals surface area (Å²) in [7, 11) is 0. The number of Topliss-reactive ketones (excluding diaryl/α,β-unsaturated/α-hetero) is 1. The van der Waals surface area contributed by atoms with E-state index >= 15 is 0 Å². The predicted molar refractivity (Wildman–Crippen MR) is 89.7 cm³/mol. The second-order valence-electron chi connectivity index (χ2n) is 8.47. The van der Waals surface area contributed by atoms with Crippen LogP contribution in [0.15, 0.2) is 22.8 Å². The van der Waals surface area contributed by atoms with E-state index in [4.69, 9.17) is 4.74 Å². The highest BCUT2D eigenvalue weighted by Gasteiger charge is 2.57. The number of allylic oxidation sites excluding steroid dienone is 4. The number of rotatable bonds is 0. The second-order valence-corrected chi connectivity index (χ2v) is 8.47. The van der Waals surface area contributed by atoms with Crippen molar-refractivity contribution in [3.63, 3.8) is 0 Å². The Labute approximate surface area is 135 Å². The van der Waals surface area contributed by atoms with Gasteiger partial charge in [-0.05, 0) is 76.7 Å². The summed E-state index contributed by atoms with van der Waals surface area (Å²) in [5, 5.41) is 0. The lowest BCUT2D eigenvalue weighted by Crippen LogP contribution is -2.26. The molecular formula is C20H30O2. The lowest BCUT2D eigenvalue weighted by molar-refractivity contribution is -0.115. The number of carbonyl (C=O) groups excluding carboxylic acids is 1. The fourth-order valence-corrected chi connectivity index (χ4v) is 4.73. The van der Waals surface area contributed by atoms with Gasteiger partial charge in [0.25, 0.3) is 0 Å². The number of carbonyl (C=O) groups is 1. The van der Waals surface area contributed by atoms with Crippen molar-refractivity contribution in [3.05, 3.63) is 22.8 Å². The van der Waals surface area contributed by atoms with Crippen LogP contribution in [0.2, 0.25) is 0 Å². The highest BCUT2D eigenvalue weighted by Crippen LogP contribution is 2.56. The topological polar surface area (TPSA) is 29.6 Å². The third-order valence-corrected chi connectivity index (χ3v) is 6.24. The van der Waals surface area contributed by atoms with Gasteiger partial charge in [0.05, 0.1) is 11.7 Å². The summed E-state index contributed by atoms with van der Waals surface area (Å²) in [4.78, 5) is 12.6. The van der Waals surface area contributed by atoms with Crippen LogP contribution in [0.4, 0.5) is 0 Å². The molecule has 2 fully saturated rings. The van der Waals surface area contributed by atoms with Gasteiger partial charge in [-0.25, -0.2) is 0 Å². The number of hydrogen-bond donors (Lipinski definition) is 0. The predicted octanol–water partition coefficient (Wildman–Crippen LogP) is 4.99. The summed E-state index contributed by atoms with van der Waals surface area (Å²) in [6.07, 6.45) is 8.92. The van der Waals surface area contributed by atoms with Crippen LogP contribution in [0.25, 0.3) is 0 Å². The molecule has 0 aromatic heterocycles. The molecule has 0 bridgehead atoms. The SMILES string of the molecule is CC(C)=C1C(=O)C[C@@]2(C)C[C@@H]3O[C@]3(C)CC/C=C(/C)CC[C@@H]12. The summed E-state index contributed by atoms with van der Waals surface area (Å²) in [6, 6.07) is 0. The summed E-state index contributed by atoms with van der Waals surface area (Å²) < 4.78 is 6.06. The first-order valence-electron chi connectivity index (χ1n) is 8.79. The van der Waals surface area contributed by atoms with Gasteiger partial charge in [0, 0.05) is 6.42 Å². The first kappa shape index (κ1) is 16.0. The molecule has 1 heterocycles. The molecule has 2 nitrogen and oxygen atoms in total. The first-order chi connectivity index (χ1) is 10.3. The Balaban J connectivity index is 1.95. The van der Waals surface area contributed by atoms with Crippen LogP contribution in [-0.2, 0) is 9.53 Å². The van der Waals surface area contributed by atoms with Crippen molar-refractivity contribution in [2.45, 2.75) is 84.8 Å². The molecule has 3 aliphatic rings. The quantitative estimate of drug-likeness (QED) is 0.358. The van der Waals surface area contributed by atoms with E-state index in [1.54, 1.807) is 0 Å². The van der Waals surface area contributed by atoms with Gasteiger partial charge in [0.15, 0.2) is 5.78 Å². The van der Waals surface area contributed by atoms with E-state index in [-0.39, 0.29) is 11.0 Å². The second kappa shape index (κ2) is 5.33. The number of hydrogen-bond acceptors (Lipinski definition) is 2. The van der Waals surface area contributed by atoms with Crippen LogP contribution in [0.3, 0.4) is 0 Å². The van der Waals surface area contributed by atoms with Gasteiger partial charge in [-0.1, -0.05) is 24.1 Å². The molecule has 3 rings (SSSR count). The maximum atomic E-state index is 12.6. The van der Waals surface area contributed by atoms with Crippen molar-refractivity contribution in [3.8, 4) is 0 Å². The number of ketones is 1. The minimum absolute atomic E-state index is 0.0471. The Morgan fingerprint density at radius 2 is 2.05 bits per heavy atom.